The lowest BCUT2D eigenvalue weighted by atomic mass is 10.1. The zero-order chi connectivity index (χ0) is 9.97. The standard InChI is InChI=1S/C11H16N2O/c1-8-6-13-11-4-3-10(14-2)5-9(11)7-12-8/h3-5,8,12-13H,6-7H2,1-2H3. The van der Waals surface area contributed by atoms with E-state index in [1.54, 1.807) is 7.11 Å². The fourth-order valence-electron chi connectivity index (χ4n) is 1.64. The molecule has 0 fully saturated rings. The van der Waals surface area contributed by atoms with Gasteiger partial charge in [-0.1, -0.05) is 0 Å². The van der Waals surface area contributed by atoms with Crippen molar-refractivity contribution in [1.82, 2.24) is 5.32 Å². The van der Waals surface area contributed by atoms with Crippen molar-refractivity contribution in [3.8, 4) is 5.75 Å². The van der Waals surface area contributed by atoms with Gasteiger partial charge in [-0.25, -0.2) is 0 Å². The van der Waals surface area contributed by atoms with Crippen LogP contribution in [0.5, 0.6) is 5.75 Å². The van der Waals surface area contributed by atoms with Gasteiger partial charge in [0.25, 0.3) is 0 Å². The Morgan fingerprint density at radius 2 is 2.29 bits per heavy atom. The van der Waals surface area contributed by atoms with Gasteiger partial charge in [-0.05, 0) is 30.7 Å². The maximum atomic E-state index is 5.19. The Hall–Kier alpha value is -1.22. The van der Waals surface area contributed by atoms with Crippen LogP contribution in [0.1, 0.15) is 12.5 Å². The van der Waals surface area contributed by atoms with Crippen LogP contribution in [0.4, 0.5) is 5.69 Å². The van der Waals surface area contributed by atoms with E-state index < -0.39 is 0 Å². The van der Waals surface area contributed by atoms with Crippen molar-refractivity contribution in [2.24, 2.45) is 0 Å². The molecule has 0 bridgehead atoms. The number of nitrogens with one attached hydrogen (secondary N) is 2. The van der Waals surface area contributed by atoms with Gasteiger partial charge in [-0.2, -0.15) is 0 Å². The van der Waals surface area contributed by atoms with Gasteiger partial charge < -0.3 is 15.4 Å². The first kappa shape index (κ1) is 9.34. The van der Waals surface area contributed by atoms with Gasteiger partial charge in [0.15, 0.2) is 0 Å². The molecule has 0 saturated heterocycles. The Kier molecular flexibility index (Phi) is 2.59. The third-order valence-electron chi connectivity index (χ3n) is 2.55. The van der Waals surface area contributed by atoms with Crippen LogP contribution in [-0.4, -0.2) is 19.7 Å². The van der Waals surface area contributed by atoms with Gasteiger partial charge >= 0.3 is 0 Å². The van der Waals surface area contributed by atoms with Crippen molar-refractivity contribution in [2.75, 3.05) is 19.0 Å². The van der Waals surface area contributed by atoms with Crippen LogP contribution < -0.4 is 15.4 Å². The Bertz CT molecular complexity index is 325. The van der Waals surface area contributed by atoms with Crippen LogP contribution in [0.3, 0.4) is 0 Å². The largest absolute Gasteiger partial charge is 0.497 e. The van der Waals surface area contributed by atoms with Crippen LogP contribution in [0, 0.1) is 0 Å². The van der Waals surface area contributed by atoms with E-state index in [1.807, 2.05) is 6.07 Å². The zero-order valence-electron chi connectivity index (χ0n) is 8.63. The SMILES string of the molecule is COc1ccc2c(c1)CNC(C)CN2. The minimum atomic E-state index is 0.508. The molecular formula is C11H16N2O. The summed E-state index contributed by atoms with van der Waals surface area (Å²) in [6.45, 7) is 4.05. The molecule has 0 saturated carbocycles. The number of benzene rings is 1. The van der Waals surface area contributed by atoms with Crippen molar-refractivity contribution >= 4 is 5.69 Å². The first-order valence-electron chi connectivity index (χ1n) is 4.94. The third-order valence-corrected chi connectivity index (χ3v) is 2.55. The van der Waals surface area contributed by atoms with Crippen molar-refractivity contribution in [2.45, 2.75) is 19.5 Å². The lowest BCUT2D eigenvalue weighted by Gasteiger charge is -2.08. The van der Waals surface area contributed by atoms with E-state index in [0.29, 0.717) is 6.04 Å². The molecule has 0 aliphatic carbocycles. The lowest BCUT2D eigenvalue weighted by Crippen LogP contribution is -2.29. The van der Waals surface area contributed by atoms with Crippen molar-refractivity contribution in [3.05, 3.63) is 23.8 Å². The number of anilines is 1. The topological polar surface area (TPSA) is 33.3 Å². The maximum Gasteiger partial charge on any atom is 0.119 e. The van der Waals surface area contributed by atoms with Crippen molar-refractivity contribution in [1.29, 1.82) is 0 Å². The molecule has 3 heteroatoms. The molecule has 76 valence electrons. The molecule has 1 aromatic rings. The lowest BCUT2D eigenvalue weighted by molar-refractivity contribution is 0.414. The minimum Gasteiger partial charge on any atom is -0.497 e. The summed E-state index contributed by atoms with van der Waals surface area (Å²) in [6.07, 6.45) is 0. The van der Waals surface area contributed by atoms with Gasteiger partial charge in [0, 0.05) is 24.8 Å². The number of fused-ring (bicyclic) bond motifs is 1. The average molecular weight is 192 g/mol. The Labute approximate surface area is 84.5 Å². The summed E-state index contributed by atoms with van der Waals surface area (Å²) in [5, 5.41) is 6.84. The van der Waals surface area contributed by atoms with E-state index in [0.717, 1.165) is 18.8 Å². The smallest absolute Gasteiger partial charge is 0.119 e. The van der Waals surface area contributed by atoms with Crippen LogP contribution in [-0.2, 0) is 6.54 Å². The highest BCUT2D eigenvalue weighted by molar-refractivity contribution is 5.55. The quantitative estimate of drug-likeness (QED) is 0.709. The first-order chi connectivity index (χ1) is 6.79. The molecule has 14 heavy (non-hydrogen) atoms. The predicted octanol–water partition coefficient (Wildman–Crippen LogP) is 1.60. The van der Waals surface area contributed by atoms with Crippen molar-refractivity contribution < 1.29 is 4.74 Å². The summed E-state index contributed by atoms with van der Waals surface area (Å²) < 4.78 is 5.19. The Morgan fingerprint density at radius 3 is 3.07 bits per heavy atom. The number of methoxy groups -OCH3 is 1. The molecule has 3 nitrogen and oxygen atoms in total. The van der Waals surface area contributed by atoms with Crippen molar-refractivity contribution in [3.63, 3.8) is 0 Å². The molecular weight excluding hydrogens is 176 g/mol. The van der Waals surface area contributed by atoms with E-state index >= 15 is 0 Å². The third kappa shape index (κ3) is 1.82. The normalized spacial score (nSPS) is 20.6. The number of hydrogen-bond acceptors (Lipinski definition) is 3. The average Bonchev–Trinajstić information content (AvgIpc) is 2.40. The van der Waals surface area contributed by atoms with Gasteiger partial charge in [0.2, 0.25) is 0 Å². The minimum absolute atomic E-state index is 0.508. The molecule has 0 spiro atoms. The van der Waals surface area contributed by atoms with E-state index in [9.17, 15) is 0 Å². The fraction of sp³-hybridized carbons (Fsp3) is 0.455. The summed E-state index contributed by atoms with van der Waals surface area (Å²) in [6, 6.07) is 6.65. The Balaban J connectivity index is 2.27. The fourth-order valence-corrected chi connectivity index (χ4v) is 1.64. The van der Waals surface area contributed by atoms with Gasteiger partial charge in [-0.15, -0.1) is 0 Å². The molecule has 1 aliphatic heterocycles. The Morgan fingerprint density at radius 1 is 1.43 bits per heavy atom. The molecule has 2 rings (SSSR count). The maximum absolute atomic E-state index is 5.19. The first-order valence-corrected chi connectivity index (χ1v) is 4.94. The number of ether oxygens (including phenoxy) is 1. The van der Waals surface area contributed by atoms with E-state index in [1.165, 1.54) is 11.3 Å². The van der Waals surface area contributed by atoms with Gasteiger partial charge in [0.1, 0.15) is 5.75 Å². The summed E-state index contributed by atoms with van der Waals surface area (Å²) in [4.78, 5) is 0. The number of hydrogen-bond donors (Lipinski definition) is 2. The van der Waals surface area contributed by atoms with Gasteiger partial charge in [-0.3, -0.25) is 0 Å². The second-order valence-electron chi connectivity index (χ2n) is 3.69. The second-order valence-corrected chi connectivity index (χ2v) is 3.69. The molecule has 1 unspecified atom stereocenters. The highest BCUT2D eigenvalue weighted by Gasteiger charge is 2.11. The molecule has 1 atom stereocenters. The molecule has 0 aromatic heterocycles. The van der Waals surface area contributed by atoms with Gasteiger partial charge in [0.05, 0.1) is 7.11 Å². The highest BCUT2D eigenvalue weighted by atomic mass is 16.5. The zero-order valence-corrected chi connectivity index (χ0v) is 8.63. The second kappa shape index (κ2) is 3.88. The molecule has 2 N–H and O–H groups in total. The van der Waals surface area contributed by atoms with Crippen LogP contribution >= 0.6 is 0 Å². The molecule has 0 amide bonds. The van der Waals surface area contributed by atoms with E-state index in [2.05, 4.69) is 29.7 Å². The van der Waals surface area contributed by atoms with E-state index in [-0.39, 0.29) is 0 Å². The van der Waals surface area contributed by atoms with Crippen LogP contribution in [0.15, 0.2) is 18.2 Å². The predicted molar refractivity (Wildman–Crippen MR) is 57.8 cm³/mol. The molecule has 0 radical (unpaired) electrons. The molecule has 1 aliphatic rings. The summed E-state index contributed by atoms with van der Waals surface area (Å²) >= 11 is 0. The highest BCUT2D eigenvalue weighted by Crippen LogP contribution is 2.23. The summed E-state index contributed by atoms with van der Waals surface area (Å²) in [5.74, 6) is 0.918. The molecule has 1 heterocycles. The number of rotatable bonds is 1. The molecule has 1 aromatic carbocycles. The van der Waals surface area contributed by atoms with Crippen LogP contribution in [0.2, 0.25) is 0 Å². The van der Waals surface area contributed by atoms with E-state index in [4.69, 9.17) is 4.74 Å². The van der Waals surface area contributed by atoms with Crippen LogP contribution in [0.25, 0.3) is 0 Å². The monoisotopic (exact) mass is 192 g/mol. The summed E-state index contributed by atoms with van der Waals surface area (Å²) in [5.41, 5.74) is 2.48. The summed E-state index contributed by atoms with van der Waals surface area (Å²) in [7, 11) is 1.70.